The average molecular weight is 225 g/mol. The van der Waals surface area contributed by atoms with Gasteiger partial charge in [-0.05, 0) is 46.1 Å². The highest BCUT2D eigenvalue weighted by molar-refractivity contribution is 5.07. The number of hydrogen-bond donors (Lipinski definition) is 1. The van der Waals surface area contributed by atoms with Crippen LogP contribution in [0.25, 0.3) is 0 Å². The molecule has 92 valence electrons. The molecule has 0 unspecified atom stereocenters. The zero-order valence-electron chi connectivity index (χ0n) is 10.4. The van der Waals surface area contributed by atoms with Crippen molar-refractivity contribution < 1.29 is 9.47 Å². The van der Waals surface area contributed by atoms with E-state index in [-0.39, 0.29) is 0 Å². The molecule has 16 heavy (non-hydrogen) atoms. The van der Waals surface area contributed by atoms with Crippen molar-refractivity contribution >= 4 is 0 Å². The molecule has 0 bridgehead atoms. The second kappa shape index (κ2) is 5.30. The Hall–Kier alpha value is -0.380. The molecule has 2 aliphatic rings. The molecule has 1 heterocycles. The lowest BCUT2D eigenvalue weighted by Crippen LogP contribution is -2.48. The fraction of sp³-hybridized carbons (Fsp3) is 0.846. The summed E-state index contributed by atoms with van der Waals surface area (Å²) in [5.74, 6) is -0.397. The fourth-order valence-electron chi connectivity index (χ4n) is 2.21. The van der Waals surface area contributed by atoms with Gasteiger partial charge in [-0.25, -0.2) is 0 Å². The molecule has 1 N–H and O–H groups in total. The van der Waals surface area contributed by atoms with Crippen molar-refractivity contribution in [1.29, 1.82) is 0 Å². The third-order valence-electron chi connectivity index (χ3n) is 3.28. The predicted octanol–water partition coefficient (Wildman–Crippen LogP) is 2.23. The molecule has 0 spiro atoms. The van der Waals surface area contributed by atoms with Crippen LogP contribution in [0.15, 0.2) is 11.6 Å². The Morgan fingerprint density at radius 3 is 2.75 bits per heavy atom. The van der Waals surface area contributed by atoms with Crippen LogP contribution in [0.1, 0.15) is 39.5 Å². The largest absolute Gasteiger partial charge is 0.349 e. The molecular weight excluding hydrogens is 202 g/mol. The zero-order valence-corrected chi connectivity index (χ0v) is 10.4. The highest BCUT2D eigenvalue weighted by Gasteiger charge is 2.27. The van der Waals surface area contributed by atoms with Crippen molar-refractivity contribution in [2.24, 2.45) is 0 Å². The van der Waals surface area contributed by atoms with Gasteiger partial charge in [-0.3, -0.25) is 0 Å². The zero-order chi connectivity index (χ0) is 11.4. The first-order valence-corrected chi connectivity index (χ1v) is 6.35. The van der Waals surface area contributed by atoms with Gasteiger partial charge in [-0.1, -0.05) is 11.6 Å². The van der Waals surface area contributed by atoms with E-state index < -0.39 is 5.79 Å². The topological polar surface area (TPSA) is 30.5 Å². The monoisotopic (exact) mass is 225 g/mol. The molecule has 0 amide bonds. The Kier molecular flexibility index (Phi) is 4.00. The van der Waals surface area contributed by atoms with Crippen LogP contribution >= 0.6 is 0 Å². The van der Waals surface area contributed by atoms with Crippen molar-refractivity contribution in [3.05, 3.63) is 11.6 Å². The van der Waals surface area contributed by atoms with E-state index in [1.54, 1.807) is 5.57 Å². The molecule has 0 radical (unpaired) electrons. The number of nitrogens with one attached hydrogen (secondary N) is 1. The number of rotatable bonds is 4. The van der Waals surface area contributed by atoms with Crippen molar-refractivity contribution in [2.75, 3.05) is 19.8 Å². The van der Waals surface area contributed by atoms with Gasteiger partial charge in [0.1, 0.15) is 0 Å². The van der Waals surface area contributed by atoms with Gasteiger partial charge < -0.3 is 14.8 Å². The molecule has 0 atom stereocenters. The Morgan fingerprint density at radius 1 is 1.38 bits per heavy atom. The molecule has 1 aliphatic carbocycles. The van der Waals surface area contributed by atoms with E-state index >= 15 is 0 Å². The lowest BCUT2D eigenvalue weighted by Gasteiger charge is -2.35. The van der Waals surface area contributed by atoms with Crippen LogP contribution in [-0.4, -0.2) is 31.6 Å². The van der Waals surface area contributed by atoms with Crippen LogP contribution in [0.5, 0.6) is 0 Å². The maximum Gasteiger partial charge on any atom is 0.162 e. The van der Waals surface area contributed by atoms with Crippen molar-refractivity contribution in [2.45, 2.75) is 51.4 Å². The summed E-state index contributed by atoms with van der Waals surface area (Å²) in [7, 11) is 0. The van der Waals surface area contributed by atoms with E-state index in [0.29, 0.717) is 6.04 Å². The second-order valence-corrected chi connectivity index (χ2v) is 5.18. The number of hydrogen-bond acceptors (Lipinski definition) is 3. The Morgan fingerprint density at radius 2 is 2.12 bits per heavy atom. The SMILES string of the molecule is CC1(C)OCC(NCCC2=CCCC2)CO1. The molecule has 0 saturated carbocycles. The summed E-state index contributed by atoms with van der Waals surface area (Å²) in [6.07, 6.45) is 7.49. The van der Waals surface area contributed by atoms with Crippen molar-refractivity contribution in [1.82, 2.24) is 5.32 Å². The lowest BCUT2D eigenvalue weighted by atomic mass is 10.1. The van der Waals surface area contributed by atoms with Gasteiger partial charge in [-0.15, -0.1) is 0 Å². The molecule has 3 nitrogen and oxygen atoms in total. The summed E-state index contributed by atoms with van der Waals surface area (Å²) in [4.78, 5) is 0. The fourth-order valence-corrected chi connectivity index (χ4v) is 2.21. The summed E-state index contributed by atoms with van der Waals surface area (Å²) in [6, 6.07) is 0.357. The minimum absolute atomic E-state index is 0.357. The molecule has 0 aromatic rings. The summed E-state index contributed by atoms with van der Waals surface area (Å²) < 4.78 is 11.2. The summed E-state index contributed by atoms with van der Waals surface area (Å²) in [5, 5.41) is 3.50. The molecule has 1 fully saturated rings. The molecular formula is C13H23NO2. The quantitative estimate of drug-likeness (QED) is 0.744. The molecule has 2 rings (SSSR count). The van der Waals surface area contributed by atoms with E-state index in [1.165, 1.54) is 25.7 Å². The second-order valence-electron chi connectivity index (χ2n) is 5.18. The summed E-state index contributed by atoms with van der Waals surface area (Å²) >= 11 is 0. The van der Waals surface area contributed by atoms with E-state index in [2.05, 4.69) is 11.4 Å². The number of ether oxygens (including phenoxy) is 2. The van der Waals surface area contributed by atoms with Gasteiger partial charge in [-0.2, -0.15) is 0 Å². The Bertz CT molecular complexity index is 251. The molecule has 0 aromatic heterocycles. The third kappa shape index (κ3) is 3.58. The van der Waals surface area contributed by atoms with Gasteiger partial charge in [0.25, 0.3) is 0 Å². The third-order valence-corrected chi connectivity index (χ3v) is 3.28. The molecule has 1 saturated heterocycles. The van der Waals surface area contributed by atoms with E-state index in [4.69, 9.17) is 9.47 Å². The van der Waals surface area contributed by atoms with Crippen molar-refractivity contribution in [3.63, 3.8) is 0 Å². The maximum atomic E-state index is 5.60. The van der Waals surface area contributed by atoms with Crippen LogP contribution in [0.4, 0.5) is 0 Å². The smallest absolute Gasteiger partial charge is 0.162 e. The van der Waals surface area contributed by atoms with Crippen LogP contribution in [0.3, 0.4) is 0 Å². The highest BCUT2D eigenvalue weighted by atomic mass is 16.7. The van der Waals surface area contributed by atoms with E-state index in [1.807, 2.05) is 13.8 Å². The van der Waals surface area contributed by atoms with Gasteiger partial charge in [0.2, 0.25) is 0 Å². The van der Waals surface area contributed by atoms with Crippen molar-refractivity contribution in [3.8, 4) is 0 Å². The first-order valence-electron chi connectivity index (χ1n) is 6.35. The molecule has 1 aliphatic heterocycles. The maximum absolute atomic E-state index is 5.60. The minimum atomic E-state index is -0.397. The number of allylic oxidation sites excluding steroid dienone is 1. The standard InChI is InChI=1S/C13H23NO2/c1-13(2)15-9-12(10-16-13)14-8-7-11-5-3-4-6-11/h5,12,14H,3-4,6-10H2,1-2H3. The Labute approximate surface area is 98.2 Å². The normalized spacial score (nSPS) is 25.8. The molecule has 3 heteroatoms. The minimum Gasteiger partial charge on any atom is -0.349 e. The first-order chi connectivity index (χ1) is 7.66. The van der Waals surface area contributed by atoms with Crippen LogP contribution in [0, 0.1) is 0 Å². The highest BCUT2D eigenvalue weighted by Crippen LogP contribution is 2.20. The van der Waals surface area contributed by atoms with Gasteiger partial charge in [0.05, 0.1) is 19.3 Å². The van der Waals surface area contributed by atoms with Crippen LogP contribution in [-0.2, 0) is 9.47 Å². The Balaban J connectivity index is 1.60. The van der Waals surface area contributed by atoms with Gasteiger partial charge in [0, 0.05) is 0 Å². The first kappa shape index (κ1) is 12.1. The predicted molar refractivity (Wildman–Crippen MR) is 64.3 cm³/mol. The van der Waals surface area contributed by atoms with Crippen LogP contribution in [0.2, 0.25) is 0 Å². The molecule has 0 aromatic carbocycles. The van der Waals surface area contributed by atoms with E-state index in [9.17, 15) is 0 Å². The van der Waals surface area contributed by atoms with Gasteiger partial charge >= 0.3 is 0 Å². The van der Waals surface area contributed by atoms with Gasteiger partial charge in [0.15, 0.2) is 5.79 Å². The lowest BCUT2D eigenvalue weighted by molar-refractivity contribution is -0.252. The van der Waals surface area contributed by atoms with E-state index in [0.717, 1.165) is 19.8 Å². The summed E-state index contributed by atoms with van der Waals surface area (Å²) in [6.45, 7) is 6.49. The van der Waals surface area contributed by atoms with Crippen LogP contribution < -0.4 is 5.32 Å². The average Bonchev–Trinajstić information content (AvgIpc) is 2.73. The summed E-state index contributed by atoms with van der Waals surface area (Å²) in [5.41, 5.74) is 1.62.